The minimum absolute atomic E-state index is 0.0322. The van der Waals surface area contributed by atoms with Crippen LogP contribution < -0.4 is 10.1 Å². The number of hydrogen-bond donors (Lipinski definition) is 1. The Morgan fingerprint density at radius 2 is 2.06 bits per heavy atom. The van der Waals surface area contributed by atoms with Gasteiger partial charge in [-0.05, 0) is 39.3 Å². The molecule has 3 heteroatoms. The number of benzene rings is 1. The minimum atomic E-state index is 0.0322. The van der Waals surface area contributed by atoms with Gasteiger partial charge in [0.2, 0.25) is 5.91 Å². The molecule has 1 amide bonds. The van der Waals surface area contributed by atoms with Crippen molar-refractivity contribution in [1.82, 2.24) is 5.32 Å². The highest BCUT2D eigenvalue weighted by Crippen LogP contribution is 2.18. The Morgan fingerprint density at radius 1 is 1.35 bits per heavy atom. The van der Waals surface area contributed by atoms with Crippen molar-refractivity contribution in [3.8, 4) is 5.75 Å². The van der Waals surface area contributed by atoms with Gasteiger partial charge in [0.15, 0.2) is 0 Å². The van der Waals surface area contributed by atoms with E-state index in [2.05, 4.69) is 11.4 Å². The van der Waals surface area contributed by atoms with Gasteiger partial charge < -0.3 is 10.1 Å². The van der Waals surface area contributed by atoms with Gasteiger partial charge in [-0.2, -0.15) is 0 Å². The van der Waals surface area contributed by atoms with Crippen molar-refractivity contribution in [2.24, 2.45) is 0 Å². The second-order valence-corrected chi connectivity index (χ2v) is 4.59. The van der Waals surface area contributed by atoms with E-state index in [9.17, 15) is 4.79 Å². The van der Waals surface area contributed by atoms with Gasteiger partial charge in [0, 0.05) is 6.04 Å². The maximum atomic E-state index is 11.4. The molecule has 3 nitrogen and oxygen atoms in total. The van der Waals surface area contributed by atoms with E-state index in [4.69, 9.17) is 4.74 Å². The van der Waals surface area contributed by atoms with Crippen LogP contribution in [0.25, 0.3) is 0 Å². The molecule has 1 aromatic rings. The van der Waals surface area contributed by atoms with E-state index in [1.165, 1.54) is 5.56 Å². The van der Waals surface area contributed by atoms with Gasteiger partial charge in [-0.25, -0.2) is 0 Å². The molecular weight excluding hydrogens is 214 g/mol. The summed E-state index contributed by atoms with van der Waals surface area (Å²) < 4.78 is 5.58. The van der Waals surface area contributed by atoms with Crippen molar-refractivity contribution >= 4 is 5.91 Å². The van der Waals surface area contributed by atoms with Gasteiger partial charge >= 0.3 is 0 Å². The SMILES string of the molecule is Cc1ccc(OCCC(=O)NC(C)C)c(C)c1. The lowest BCUT2D eigenvalue weighted by Gasteiger charge is -2.11. The van der Waals surface area contributed by atoms with Crippen LogP contribution in [0.15, 0.2) is 18.2 Å². The molecule has 94 valence electrons. The molecule has 0 unspecified atom stereocenters. The summed E-state index contributed by atoms with van der Waals surface area (Å²) >= 11 is 0. The monoisotopic (exact) mass is 235 g/mol. The summed E-state index contributed by atoms with van der Waals surface area (Å²) in [5.41, 5.74) is 2.32. The third-order valence-corrected chi connectivity index (χ3v) is 2.37. The Bertz CT molecular complexity index is 386. The maximum Gasteiger partial charge on any atom is 0.223 e. The fourth-order valence-electron chi connectivity index (χ4n) is 1.61. The molecule has 0 aliphatic rings. The first-order valence-electron chi connectivity index (χ1n) is 5.98. The number of hydrogen-bond acceptors (Lipinski definition) is 2. The van der Waals surface area contributed by atoms with Gasteiger partial charge in [-0.3, -0.25) is 4.79 Å². The smallest absolute Gasteiger partial charge is 0.223 e. The lowest BCUT2D eigenvalue weighted by Crippen LogP contribution is -2.31. The topological polar surface area (TPSA) is 38.3 Å². The van der Waals surface area contributed by atoms with E-state index in [0.717, 1.165) is 11.3 Å². The molecule has 1 N–H and O–H groups in total. The highest BCUT2D eigenvalue weighted by molar-refractivity contribution is 5.76. The predicted octanol–water partition coefficient (Wildman–Crippen LogP) is 2.60. The predicted molar refractivity (Wildman–Crippen MR) is 69.3 cm³/mol. The number of rotatable bonds is 5. The first kappa shape index (κ1) is 13.6. The van der Waals surface area contributed by atoms with E-state index in [0.29, 0.717) is 13.0 Å². The lowest BCUT2D eigenvalue weighted by atomic mass is 10.1. The summed E-state index contributed by atoms with van der Waals surface area (Å²) in [5.74, 6) is 0.887. The van der Waals surface area contributed by atoms with E-state index in [1.807, 2.05) is 39.8 Å². The van der Waals surface area contributed by atoms with Crippen LogP contribution in [0.5, 0.6) is 5.75 Å². The van der Waals surface area contributed by atoms with Crippen LogP contribution in [0, 0.1) is 13.8 Å². The third kappa shape index (κ3) is 4.89. The molecule has 1 aromatic carbocycles. The molecule has 0 radical (unpaired) electrons. The summed E-state index contributed by atoms with van der Waals surface area (Å²) in [6.45, 7) is 8.37. The molecule has 17 heavy (non-hydrogen) atoms. The van der Waals surface area contributed by atoms with E-state index < -0.39 is 0 Å². The average Bonchev–Trinajstić information content (AvgIpc) is 2.20. The molecule has 0 bridgehead atoms. The molecule has 0 saturated carbocycles. The molecule has 0 aliphatic carbocycles. The first-order chi connectivity index (χ1) is 7.99. The fraction of sp³-hybridized carbons (Fsp3) is 0.500. The lowest BCUT2D eigenvalue weighted by molar-refractivity contribution is -0.122. The number of carbonyl (C=O) groups is 1. The number of nitrogens with one attached hydrogen (secondary N) is 1. The average molecular weight is 235 g/mol. The zero-order valence-electron chi connectivity index (χ0n) is 11.0. The Kier molecular flexibility index (Phi) is 5.01. The highest BCUT2D eigenvalue weighted by Gasteiger charge is 2.04. The molecule has 0 aliphatic heterocycles. The third-order valence-electron chi connectivity index (χ3n) is 2.37. The zero-order chi connectivity index (χ0) is 12.8. The van der Waals surface area contributed by atoms with Crippen molar-refractivity contribution in [2.45, 2.75) is 40.2 Å². The van der Waals surface area contributed by atoms with Crippen molar-refractivity contribution in [3.05, 3.63) is 29.3 Å². The van der Waals surface area contributed by atoms with E-state index in [-0.39, 0.29) is 11.9 Å². The van der Waals surface area contributed by atoms with E-state index in [1.54, 1.807) is 0 Å². The fourth-order valence-corrected chi connectivity index (χ4v) is 1.61. The molecule has 0 aromatic heterocycles. The van der Waals surface area contributed by atoms with Crippen LogP contribution in [-0.2, 0) is 4.79 Å². The van der Waals surface area contributed by atoms with Gasteiger partial charge in [-0.1, -0.05) is 17.7 Å². The van der Waals surface area contributed by atoms with Gasteiger partial charge in [0.25, 0.3) is 0 Å². The highest BCUT2D eigenvalue weighted by atomic mass is 16.5. The Labute approximate surface area is 103 Å². The van der Waals surface area contributed by atoms with Crippen LogP contribution >= 0.6 is 0 Å². The summed E-state index contributed by atoms with van der Waals surface area (Å²) in [7, 11) is 0. The summed E-state index contributed by atoms with van der Waals surface area (Å²) in [4.78, 5) is 11.4. The molecule has 1 rings (SSSR count). The van der Waals surface area contributed by atoms with Crippen LogP contribution in [0.3, 0.4) is 0 Å². The standard InChI is InChI=1S/C14H21NO2/c1-10(2)15-14(16)7-8-17-13-6-5-11(3)9-12(13)4/h5-6,9-10H,7-8H2,1-4H3,(H,15,16). The molecule has 0 saturated heterocycles. The summed E-state index contributed by atoms with van der Waals surface area (Å²) in [6, 6.07) is 6.22. The number of amides is 1. The molecule has 0 heterocycles. The molecule has 0 spiro atoms. The second-order valence-electron chi connectivity index (χ2n) is 4.59. The normalized spacial score (nSPS) is 10.4. The summed E-state index contributed by atoms with van der Waals surface area (Å²) in [5, 5.41) is 2.83. The second kappa shape index (κ2) is 6.28. The Morgan fingerprint density at radius 3 is 2.65 bits per heavy atom. The zero-order valence-corrected chi connectivity index (χ0v) is 11.0. The van der Waals surface area contributed by atoms with Crippen LogP contribution in [0.1, 0.15) is 31.4 Å². The van der Waals surface area contributed by atoms with Crippen LogP contribution in [0.4, 0.5) is 0 Å². The minimum Gasteiger partial charge on any atom is -0.493 e. The number of aryl methyl sites for hydroxylation is 2. The van der Waals surface area contributed by atoms with E-state index >= 15 is 0 Å². The Balaban J connectivity index is 2.38. The number of ether oxygens (including phenoxy) is 1. The van der Waals surface area contributed by atoms with Crippen molar-refractivity contribution in [1.29, 1.82) is 0 Å². The number of carbonyl (C=O) groups excluding carboxylic acids is 1. The van der Waals surface area contributed by atoms with Gasteiger partial charge in [0.05, 0.1) is 13.0 Å². The summed E-state index contributed by atoms with van der Waals surface area (Å²) in [6.07, 6.45) is 0.394. The quantitative estimate of drug-likeness (QED) is 0.852. The van der Waals surface area contributed by atoms with Crippen molar-refractivity contribution in [2.75, 3.05) is 6.61 Å². The van der Waals surface area contributed by atoms with Gasteiger partial charge in [-0.15, -0.1) is 0 Å². The van der Waals surface area contributed by atoms with Crippen molar-refractivity contribution in [3.63, 3.8) is 0 Å². The van der Waals surface area contributed by atoms with Crippen LogP contribution in [-0.4, -0.2) is 18.6 Å². The maximum absolute atomic E-state index is 11.4. The first-order valence-corrected chi connectivity index (χ1v) is 5.98. The van der Waals surface area contributed by atoms with Crippen LogP contribution in [0.2, 0.25) is 0 Å². The molecule has 0 fully saturated rings. The molecular formula is C14H21NO2. The van der Waals surface area contributed by atoms with Gasteiger partial charge in [0.1, 0.15) is 5.75 Å². The molecule has 0 atom stereocenters. The van der Waals surface area contributed by atoms with Crippen molar-refractivity contribution < 1.29 is 9.53 Å². The Hall–Kier alpha value is -1.51. The largest absolute Gasteiger partial charge is 0.493 e.